The normalized spacial score (nSPS) is 21.3. The van der Waals surface area contributed by atoms with Crippen molar-refractivity contribution in [3.63, 3.8) is 0 Å². The summed E-state index contributed by atoms with van der Waals surface area (Å²) < 4.78 is 0. The van der Waals surface area contributed by atoms with E-state index in [-0.39, 0.29) is 11.6 Å². The number of ketones is 2. The van der Waals surface area contributed by atoms with Gasteiger partial charge < -0.3 is 0 Å². The summed E-state index contributed by atoms with van der Waals surface area (Å²) in [6.45, 7) is 2.21. The van der Waals surface area contributed by atoms with Crippen LogP contribution in [0.3, 0.4) is 0 Å². The minimum absolute atomic E-state index is 0.0900. The molecule has 0 aromatic heterocycles. The fourth-order valence-electron chi connectivity index (χ4n) is 3.63. The van der Waals surface area contributed by atoms with E-state index in [2.05, 4.69) is 6.92 Å². The molecule has 1 unspecified atom stereocenters. The van der Waals surface area contributed by atoms with E-state index in [1.165, 1.54) is 25.7 Å². The molecule has 0 saturated heterocycles. The highest BCUT2D eigenvalue weighted by atomic mass is 16.1. The standard InChI is InChI=1S/C19H22O2/c1-2-3-4-7-13-10-11-16-17(12-13)19(21)15-9-6-5-8-14(15)18(16)20/h5-6,8-9,13H,2-4,7,10-12H2,1H3. The summed E-state index contributed by atoms with van der Waals surface area (Å²) in [7, 11) is 0. The third-order valence-corrected chi connectivity index (χ3v) is 4.84. The number of allylic oxidation sites excluding steroid dienone is 2. The summed E-state index contributed by atoms with van der Waals surface area (Å²) in [6.07, 6.45) is 7.56. The molecular formula is C19H22O2. The number of unbranched alkanes of at least 4 members (excludes halogenated alkanes) is 2. The number of benzene rings is 1. The number of hydrogen-bond acceptors (Lipinski definition) is 2. The largest absolute Gasteiger partial charge is 0.289 e. The van der Waals surface area contributed by atoms with Gasteiger partial charge in [-0.05, 0) is 25.2 Å². The Balaban J connectivity index is 1.83. The fraction of sp³-hybridized carbons (Fsp3) is 0.474. The Kier molecular flexibility index (Phi) is 4.05. The van der Waals surface area contributed by atoms with Gasteiger partial charge in [-0.15, -0.1) is 0 Å². The number of rotatable bonds is 4. The van der Waals surface area contributed by atoms with Crippen molar-refractivity contribution in [3.8, 4) is 0 Å². The van der Waals surface area contributed by atoms with Crippen LogP contribution in [0, 0.1) is 5.92 Å². The number of fused-ring (bicyclic) bond motifs is 1. The van der Waals surface area contributed by atoms with Crippen molar-refractivity contribution in [2.45, 2.75) is 51.9 Å². The lowest BCUT2D eigenvalue weighted by Crippen LogP contribution is -2.27. The van der Waals surface area contributed by atoms with Crippen LogP contribution in [0.25, 0.3) is 0 Å². The molecule has 2 nitrogen and oxygen atoms in total. The molecular weight excluding hydrogens is 260 g/mol. The average Bonchev–Trinajstić information content (AvgIpc) is 2.53. The lowest BCUT2D eigenvalue weighted by Gasteiger charge is -2.29. The minimum Gasteiger partial charge on any atom is -0.289 e. The molecule has 1 aromatic carbocycles. The third-order valence-electron chi connectivity index (χ3n) is 4.84. The monoisotopic (exact) mass is 282 g/mol. The van der Waals surface area contributed by atoms with Gasteiger partial charge in [-0.1, -0.05) is 56.9 Å². The maximum absolute atomic E-state index is 12.7. The average molecular weight is 282 g/mol. The molecule has 0 radical (unpaired) electrons. The van der Waals surface area contributed by atoms with Gasteiger partial charge in [0.05, 0.1) is 0 Å². The second-order valence-corrected chi connectivity index (χ2v) is 6.27. The molecule has 0 bridgehead atoms. The number of carbonyl (C=O) groups is 2. The molecule has 0 heterocycles. The van der Waals surface area contributed by atoms with Gasteiger partial charge >= 0.3 is 0 Å². The van der Waals surface area contributed by atoms with Gasteiger partial charge in [-0.25, -0.2) is 0 Å². The lowest BCUT2D eigenvalue weighted by atomic mass is 9.73. The van der Waals surface area contributed by atoms with Crippen LogP contribution in [0.1, 0.15) is 72.6 Å². The Labute approximate surface area is 126 Å². The Morgan fingerprint density at radius 3 is 2.33 bits per heavy atom. The van der Waals surface area contributed by atoms with E-state index >= 15 is 0 Å². The van der Waals surface area contributed by atoms with Crippen molar-refractivity contribution in [3.05, 3.63) is 46.5 Å². The smallest absolute Gasteiger partial charge is 0.190 e. The zero-order valence-electron chi connectivity index (χ0n) is 12.7. The van der Waals surface area contributed by atoms with E-state index in [0.29, 0.717) is 17.0 Å². The van der Waals surface area contributed by atoms with Gasteiger partial charge in [-0.2, -0.15) is 0 Å². The van der Waals surface area contributed by atoms with Gasteiger partial charge in [0.15, 0.2) is 11.6 Å². The van der Waals surface area contributed by atoms with Gasteiger partial charge in [0.1, 0.15) is 0 Å². The molecule has 0 fully saturated rings. The summed E-state index contributed by atoms with van der Waals surface area (Å²) in [5, 5.41) is 0. The van der Waals surface area contributed by atoms with Crippen LogP contribution in [-0.4, -0.2) is 11.6 Å². The van der Waals surface area contributed by atoms with Gasteiger partial charge in [0.2, 0.25) is 0 Å². The third kappa shape index (κ3) is 2.59. The number of Topliss-reactive ketones (excluding diaryl/α,β-unsaturated/α-hetero) is 2. The SMILES string of the molecule is CCCCCC1CCC2=C(C1)C(=O)c1ccccc1C2=O. The molecule has 0 amide bonds. The van der Waals surface area contributed by atoms with E-state index in [4.69, 9.17) is 0 Å². The summed E-state index contributed by atoms with van der Waals surface area (Å²) in [6, 6.07) is 7.26. The van der Waals surface area contributed by atoms with Crippen molar-refractivity contribution in [2.75, 3.05) is 0 Å². The Hall–Kier alpha value is -1.70. The van der Waals surface area contributed by atoms with Crippen LogP contribution in [0.4, 0.5) is 0 Å². The van der Waals surface area contributed by atoms with Crippen LogP contribution in [0.2, 0.25) is 0 Å². The molecule has 21 heavy (non-hydrogen) atoms. The van der Waals surface area contributed by atoms with Crippen LogP contribution < -0.4 is 0 Å². The molecule has 2 heteroatoms. The first-order chi connectivity index (χ1) is 10.2. The lowest BCUT2D eigenvalue weighted by molar-refractivity contribution is 0.0958. The zero-order valence-corrected chi connectivity index (χ0v) is 12.7. The molecule has 0 saturated carbocycles. The fourth-order valence-corrected chi connectivity index (χ4v) is 3.63. The molecule has 0 spiro atoms. The number of carbonyl (C=O) groups excluding carboxylic acids is 2. The van der Waals surface area contributed by atoms with Gasteiger partial charge in [0.25, 0.3) is 0 Å². The quantitative estimate of drug-likeness (QED) is 0.747. The Bertz CT molecular complexity index is 610. The summed E-state index contributed by atoms with van der Waals surface area (Å²) in [5.74, 6) is 0.768. The first kappa shape index (κ1) is 14.2. The van der Waals surface area contributed by atoms with Crippen molar-refractivity contribution in [1.82, 2.24) is 0 Å². The second kappa shape index (κ2) is 5.97. The van der Waals surface area contributed by atoms with Crippen LogP contribution >= 0.6 is 0 Å². The van der Waals surface area contributed by atoms with E-state index in [0.717, 1.165) is 30.4 Å². The molecule has 0 N–H and O–H groups in total. The molecule has 1 atom stereocenters. The number of hydrogen-bond donors (Lipinski definition) is 0. The van der Waals surface area contributed by atoms with Gasteiger partial charge in [-0.3, -0.25) is 9.59 Å². The zero-order chi connectivity index (χ0) is 14.8. The summed E-state index contributed by atoms with van der Waals surface area (Å²) in [5.41, 5.74) is 2.82. The van der Waals surface area contributed by atoms with E-state index in [1.807, 2.05) is 12.1 Å². The van der Waals surface area contributed by atoms with Crippen LogP contribution in [0.15, 0.2) is 35.4 Å². The van der Waals surface area contributed by atoms with Gasteiger partial charge in [0, 0.05) is 22.3 Å². The van der Waals surface area contributed by atoms with E-state index in [1.54, 1.807) is 12.1 Å². The van der Waals surface area contributed by atoms with Crippen LogP contribution in [-0.2, 0) is 0 Å². The van der Waals surface area contributed by atoms with E-state index < -0.39 is 0 Å². The van der Waals surface area contributed by atoms with E-state index in [9.17, 15) is 9.59 Å². The minimum atomic E-state index is 0.0900. The predicted molar refractivity (Wildman–Crippen MR) is 83.6 cm³/mol. The molecule has 3 rings (SSSR count). The second-order valence-electron chi connectivity index (χ2n) is 6.27. The maximum Gasteiger partial charge on any atom is 0.190 e. The topological polar surface area (TPSA) is 34.1 Å². The highest BCUT2D eigenvalue weighted by molar-refractivity contribution is 6.27. The Morgan fingerprint density at radius 1 is 1.00 bits per heavy atom. The summed E-state index contributed by atoms with van der Waals surface area (Å²) in [4.78, 5) is 25.2. The molecule has 2 aliphatic carbocycles. The first-order valence-corrected chi connectivity index (χ1v) is 8.12. The van der Waals surface area contributed by atoms with Crippen molar-refractivity contribution in [2.24, 2.45) is 5.92 Å². The highest BCUT2D eigenvalue weighted by Gasteiger charge is 2.35. The molecule has 110 valence electrons. The molecule has 1 aromatic rings. The maximum atomic E-state index is 12.7. The first-order valence-electron chi connectivity index (χ1n) is 8.12. The molecule has 2 aliphatic rings. The van der Waals surface area contributed by atoms with Crippen molar-refractivity contribution in [1.29, 1.82) is 0 Å². The highest BCUT2D eigenvalue weighted by Crippen LogP contribution is 2.39. The predicted octanol–water partition coefficient (Wildman–Crippen LogP) is 4.74. The van der Waals surface area contributed by atoms with Crippen molar-refractivity contribution >= 4 is 11.6 Å². The molecule has 0 aliphatic heterocycles. The van der Waals surface area contributed by atoms with Crippen molar-refractivity contribution < 1.29 is 9.59 Å². The Morgan fingerprint density at radius 2 is 1.67 bits per heavy atom. The summed E-state index contributed by atoms with van der Waals surface area (Å²) >= 11 is 0. The van der Waals surface area contributed by atoms with Crippen LogP contribution in [0.5, 0.6) is 0 Å².